The number of carbonyl (C=O) groups excluding carboxylic acids is 2. The number of benzene rings is 2. The number of aromatic nitrogens is 1. The van der Waals surface area contributed by atoms with E-state index in [0.29, 0.717) is 17.7 Å². The molecule has 0 spiro atoms. The summed E-state index contributed by atoms with van der Waals surface area (Å²) < 4.78 is 10.3. The molecule has 1 atom stereocenters. The minimum Gasteiger partial charge on any atom is -0.496 e. The first kappa shape index (κ1) is 19.3. The van der Waals surface area contributed by atoms with Gasteiger partial charge in [-0.05, 0) is 54.3 Å². The normalized spacial score (nSPS) is 17.6. The predicted octanol–water partition coefficient (Wildman–Crippen LogP) is 4.70. The van der Waals surface area contributed by atoms with E-state index >= 15 is 0 Å². The third kappa shape index (κ3) is 3.06. The summed E-state index contributed by atoms with van der Waals surface area (Å²) in [7, 11) is 2.86. The number of fused-ring (bicyclic) bond motifs is 4. The summed E-state index contributed by atoms with van der Waals surface area (Å²) in [6, 6.07) is 13.0. The van der Waals surface area contributed by atoms with E-state index in [1.54, 1.807) is 12.3 Å². The summed E-state index contributed by atoms with van der Waals surface area (Å²) in [6.45, 7) is 0. The molecule has 2 aromatic carbocycles. The molecule has 3 aromatic rings. The van der Waals surface area contributed by atoms with Gasteiger partial charge >= 0.3 is 5.97 Å². The minimum atomic E-state index is -0.460. The molecule has 0 saturated carbocycles. The van der Waals surface area contributed by atoms with Crippen LogP contribution in [0, 0.1) is 0 Å². The van der Waals surface area contributed by atoms with Gasteiger partial charge in [-0.1, -0.05) is 12.1 Å². The molecule has 5 rings (SSSR count). The maximum Gasteiger partial charge on any atom is 0.341 e. The lowest BCUT2D eigenvalue weighted by molar-refractivity contribution is -0.116. The van der Waals surface area contributed by atoms with Gasteiger partial charge in [0.05, 0.1) is 25.8 Å². The van der Waals surface area contributed by atoms with Gasteiger partial charge in [0.25, 0.3) is 0 Å². The first-order chi connectivity index (χ1) is 15.1. The molecule has 156 valence electrons. The van der Waals surface area contributed by atoms with Crippen LogP contribution in [0.2, 0.25) is 0 Å². The van der Waals surface area contributed by atoms with Crippen LogP contribution in [-0.4, -0.2) is 31.0 Å². The van der Waals surface area contributed by atoms with Crippen LogP contribution in [-0.2, 0) is 9.53 Å². The van der Waals surface area contributed by atoms with E-state index in [4.69, 9.17) is 9.47 Å². The van der Waals surface area contributed by atoms with Crippen molar-refractivity contribution in [1.29, 1.82) is 0 Å². The second-order valence-electron chi connectivity index (χ2n) is 7.76. The molecule has 31 heavy (non-hydrogen) atoms. The van der Waals surface area contributed by atoms with Crippen LogP contribution < -0.4 is 10.1 Å². The minimum absolute atomic E-state index is 0.154. The first-order valence-corrected chi connectivity index (χ1v) is 10.3. The van der Waals surface area contributed by atoms with E-state index < -0.39 is 5.97 Å². The number of allylic oxidation sites excluding steroid dienone is 1. The largest absolute Gasteiger partial charge is 0.496 e. The average Bonchev–Trinajstić information content (AvgIpc) is 2.82. The van der Waals surface area contributed by atoms with Gasteiger partial charge in [0, 0.05) is 34.8 Å². The fraction of sp³-hybridized carbons (Fsp3) is 0.240. The maximum absolute atomic E-state index is 13.1. The van der Waals surface area contributed by atoms with E-state index in [-0.39, 0.29) is 11.8 Å². The molecular weight excluding hydrogens is 392 g/mol. The van der Waals surface area contributed by atoms with Crippen LogP contribution in [0.15, 0.2) is 54.2 Å². The number of Topliss-reactive ketones (excluding diaryl/α,β-unsaturated/α-hetero) is 1. The molecule has 1 N–H and O–H groups in total. The summed E-state index contributed by atoms with van der Waals surface area (Å²) in [4.78, 5) is 29.7. The van der Waals surface area contributed by atoms with Gasteiger partial charge in [-0.2, -0.15) is 0 Å². The molecule has 6 heteroatoms. The molecule has 1 aromatic heterocycles. The van der Waals surface area contributed by atoms with Crippen molar-refractivity contribution in [2.45, 2.75) is 25.3 Å². The Morgan fingerprint density at radius 2 is 2.00 bits per heavy atom. The maximum atomic E-state index is 13.1. The number of ether oxygens (including phenoxy) is 2. The smallest absolute Gasteiger partial charge is 0.341 e. The summed E-state index contributed by atoms with van der Waals surface area (Å²) in [5.41, 5.74) is 6.07. The summed E-state index contributed by atoms with van der Waals surface area (Å²) in [6.07, 6.45) is 4.00. The molecule has 6 nitrogen and oxygen atoms in total. The zero-order chi connectivity index (χ0) is 21.5. The molecule has 0 unspecified atom stereocenters. The SMILES string of the molecule is COC(=O)c1ccc([C@H]2Nc3ccc4ncccc4c3C3=C2C(=O)CCC3)cc1OC. The lowest BCUT2D eigenvalue weighted by atomic mass is 9.77. The number of hydrogen-bond donors (Lipinski definition) is 1. The molecule has 0 saturated heterocycles. The highest BCUT2D eigenvalue weighted by atomic mass is 16.5. The lowest BCUT2D eigenvalue weighted by Crippen LogP contribution is -2.27. The van der Waals surface area contributed by atoms with Crippen molar-refractivity contribution in [2.75, 3.05) is 19.5 Å². The second-order valence-corrected chi connectivity index (χ2v) is 7.76. The summed E-state index contributed by atoms with van der Waals surface area (Å²) >= 11 is 0. The highest BCUT2D eigenvalue weighted by Crippen LogP contribution is 2.48. The van der Waals surface area contributed by atoms with Crippen LogP contribution in [0.5, 0.6) is 5.75 Å². The molecule has 1 aliphatic carbocycles. The number of methoxy groups -OCH3 is 2. The number of anilines is 1. The molecule has 0 amide bonds. The van der Waals surface area contributed by atoms with Crippen molar-refractivity contribution in [2.24, 2.45) is 0 Å². The average molecular weight is 414 g/mol. The number of pyridine rings is 1. The highest BCUT2D eigenvalue weighted by molar-refractivity contribution is 6.12. The van der Waals surface area contributed by atoms with Crippen molar-refractivity contribution in [3.8, 4) is 5.75 Å². The number of nitrogens with zero attached hydrogens (tertiary/aromatic N) is 1. The van der Waals surface area contributed by atoms with Crippen molar-refractivity contribution < 1.29 is 19.1 Å². The molecule has 0 bridgehead atoms. The van der Waals surface area contributed by atoms with Gasteiger partial charge in [-0.15, -0.1) is 0 Å². The molecule has 0 radical (unpaired) electrons. The number of nitrogens with one attached hydrogen (secondary N) is 1. The first-order valence-electron chi connectivity index (χ1n) is 10.3. The Balaban J connectivity index is 1.70. The van der Waals surface area contributed by atoms with E-state index in [2.05, 4.69) is 16.4 Å². The summed E-state index contributed by atoms with van der Waals surface area (Å²) in [5, 5.41) is 4.62. The number of esters is 1. The van der Waals surface area contributed by atoms with E-state index in [9.17, 15) is 9.59 Å². The Morgan fingerprint density at radius 3 is 2.81 bits per heavy atom. The van der Waals surface area contributed by atoms with Gasteiger partial charge in [0.15, 0.2) is 5.78 Å². The van der Waals surface area contributed by atoms with Crippen LogP contribution in [0.1, 0.15) is 46.8 Å². The van der Waals surface area contributed by atoms with E-state index in [0.717, 1.165) is 51.7 Å². The quantitative estimate of drug-likeness (QED) is 0.626. The van der Waals surface area contributed by atoms with Crippen LogP contribution in [0.3, 0.4) is 0 Å². The van der Waals surface area contributed by atoms with Crippen molar-refractivity contribution >= 4 is 33.9 Å². The van der Waals surface area contributed by atoms with Gasteiger partial charge in [-0.25, -0.2) is 4.79 Å². The Bertz CT molecular complexity index is 1260. The highest BCUT2D eigenvalue weighted by Gasteiger charge is 2.35. The lowest BCUT2D eigenvalue weighted by Gasteiger charge is -2.35. The Kier molecular flexibility index (Phi) is 4.70. The number of ketones is 1. The Hall–Kier alpha value is -3.67. The third-order valence-electron chi connectivity index (χ3n) is 6.10. The van der Waals surface area contributed by atoms with Gasteiger partial charge in [0.2, 0.25) is 0 Å². The van der Waals surface area contributed by atoms with Crippen LogP contribution in [0.4, 0.5) is 5.69 Å². The Morgan fingerprint density at radius 1 is 1.13 bits per heavy atom. The van der Waals surface area contributed by atoms with Gasteiger partial charge < -0.3 is 14.8 Å². The van der Waals surface area contributed by atoms with E-state index in [1.165, 1.54) is 14.2 Å². The van der Waals surface area contributed by atoms with Gasteiger partial charge in [-0.3, -0.25) is 9.78 Å². The molecule has 2 aliphatic rings. The van der Waals surface area contributed by atoms with Crippen molar-refractivity contribution in [3.05, 3.63) is 70.9 Å². The molecular formula is C25H22N2O4. The number of rotatable bonds is 3. The Labute approximate surface area is 179 Å². The standard InChI is InChI=1S/C25H22N2O4/c1-30-21-13-14(8-9-16(21)25(29)31-2)24-23-17(5-3-7-20(23)28)22-15-6-4-12-26-18(15)10-11-19(22)27-24/h4,6,8-13,24,27H,3,5,7H2,1-2H3/t24-/m1/s1. The summed E-state index contributed by atoms with van der Waals surface area (Å²) in [5.74, 6) is 0.115. The number of hydrogen-bond acceptors (Lipinski definition) is 6. The van der Waals surface area contributed by atoms with Crippen molar-refractivity contribution in [1.82, 2.24) is 4.98 Å². The topological polar surface area (TPSA) is 77.5 Å². The predicted molar refractivity (Wildman–Crippen MR) is 118 cm³/mol. The van der Waals surface area contributed by atoms with Gasteiger partial charge in [0.1, 0.15) is 11.3 Å². The van der Waals surface area contributed by atoms with E-state index in [1.807, 2.05) is 30.3 Å². The molecule has 0 fully saturated rings. The zero-order valence-electron chi connectivity index (χ0n) is 17.4. The van der Waals surface area contributed by atoms with Crippen LogP contribution >= 0.6 is 0 Å². The monoisotopic (exact) mass is 414 g/mol. The fourth-order valence-corrected chi connectivity index (χ4v) is 4.70. The number of carbonyl (C=O) groups is 2. The van der Waals surface area contributed by atoms with Crippen molar-refractivity contribution in [3.63, 3.8) is 0 Å². The zero-order valence-corrected chi connectivity index (χ0v) is 17.4. The molecule has 1 aliphatic heterocycles. The fourth-order valence-electron chi connectivity index (χ4n) is 4.70. The third-order valence-corrected chi connectivity index (χ3v) is 6.10. The molecule has 2 heterocycles. The second kappa shape index (κ2) is 7.54. The van der Waals surface area contributed by atoms with Crippen LogP contribution in [0.25, 0.3) is 16.5 Å².